The van der Waals surface area contributed by atoms with Crippen LogP contribution in [0.5, 0.6) is 0 Å². The Kier molecular flexibility index (Phi) is 6.82. The summed E-state index contributed by atoms with van der Waals surface area (Å²) in [5.74, 6) is -3.58. The number of hydrogen-bond acceptors (Lipinski definition) is 7. The molecule has 3 rings (SSSR count). The molecule has 0 amide bonds. The Morgan fingerprint density at radius 2 is 1.55 bits per heavy atom. The number of rotatable bonds is 5. The van der Waals surface area contributed by atoms with Gasteiger partial charge in [0.1, 0.15) is 6.10 Å². The van der Waals surface area contributed by atoms with Gasteiger partial charge in [0.05, 0.1) is 24.9 Å². The van der Waals surface area contributed by atoms with Crippen molar-refractivity contribution < 1.29 is 35.7 Å². The van der Waals surface area contributed by atoms with Gasteiger partial charge >= 0.3 is 0 Å². The quantitative estimate of drug-likeness (QED) is 0.330. The second-order valence-electron chi connectivity index (χ2n) is 8.52. The largest absolute Gasteiger partial charge is 0.396 e. The zero-order valence-electron chi connectivity index (χ0n) is 17.4. The summed E-state index contributed by atoms with van der Waals surface area (Å²) >= 11 is 6.26. The summed E-state index contributed by atoms with van der Waals surface area (Å²) in [4.78, 5) is 0. The normalized spacial score (nSPS) is 31.6. The lowest BCUT2D eigenvalue weighted by Crippen LogP contribution is -2.63. The highest BCUT2D eigenvalue weighted by Crippen LogP contribution is 2.45. The van der Waals surface area contributed by atoms with E-state index in [0.29, 0.717) is 0 Å². The molecule has 0 aliphatic heterocycles. The third-order valence-electron chi connectivity index (χ3n) is 6.59. The number of aliphatic hydroxyl groups is 7. The molecule has 170 valence electrons. The van der Waals surface area contributed by atoms with E-state index < -0.39 is 48.1 Å². The molecular formula is C23H29ClO7. The van der Waals surface area contributed by atoms with Crippen LogP contribution in [0.25, 0.3) is 0 Å². The van der Waals surface area contributed by atoms with Crippen molar-refractivity contribution in [3.8, 4) is 0 Å². The van der Waals surface area contributed by atoms with Crippen molar-refractivity contribution in [2.75, 3.05) is 6.61 Å². The highest BCUT2D eigenvalue weighted by molar-refractivity contribution is 6.31. The van der Waals surface area contributed by atoms with E-state index in [9.17, 15) is 35.7 Å². The summed E-state index contributed by atoms with van der Waals surface area (Å²) in [6.07, 6.45) is -5.39. The fourth-order valence-electron chi connectivity index (χ4n) is 4.27. The SMILES string of the molecule is CCc1ccc(C(O)(O)c2cc(C3C(O)C(O)C(O)C(C)(CO)C3O)ccc2Cl)cc1. The van der Waals surface area contributed by atoms with E-state index in [4.69, 9.17) is 11.6 Å². The third kappa shape index (κ3) is 4.01. The molecule has 1 saturated carbocycles. The molecule has 1 aliphatic carbocycles. The average molecular weight is 453 g/mol. The van der Waals surface area contributed by atoms with Crippen molar-refractivity contribution in [3.63, 3.8) is 0 Å². The number of hydrogen-bond donors (Lipinski definition) is 7. The summed E-state index contributed by atoms with van der Waals surface area (Å²) in [6.45, 7) is 2.75. The Balaban J connectivity index is 2.07. The summed E-state index contributed by atoms with van der Waals surface area (Å²) in [6, 6.07) is 10.9. The molecule has 0 radical (unpaired) electrons. The highest BCUT2D eigenvalue weighted by atomic mass is 35.5. The Morgan fingerprint density at radius 1 is 0.935 bits per heavy atom. The Morgan fingerprint density at radius 3 is 2.10 bits per heavy atom. The van der Waals surface area contributed by atoms with Gasteiger partial charge in [-0.15, -0.1) is 0 Å². The van der Waals surface area contributed by atoms with Crippen LogP contribution in [0.3, 0.4) is 0 Å². The van der Waals surface area contributed by atoms with Gasteiger partial charge in [-0.1, -0.05) is 55.8 Å². The molecule has 7 N–H and O–H groups in total. The number of aliphatic hydroxyl groups excluding tert-OH is 5. The van der Waals surface area contributed by atoms with Crippen LogP contribution in [0.4, 0.5) is 0 Å². The molecule has 0 saturated heterocycles. The predicted octanol–water partition coefficient (Wildman–Crippen LogP) is 0.627. The number of benzene rings is 2. The lowest BCUT2D eigenvalue weighted by atomic mass is 9.62. The fraction of sp³-hybridized carbons (Fsp3) is 0.478. The summed E-state index contributed by atoms with van der Waals surface area (Å²) in [5.41, 5.74) is -0.105. The smallest absolute Gasteiger partial charge is 0.218 e. The van der Waals surface area contributed by atoms with Gasteiger partial charge < -0.3 is 35.7 Å². The van der Waals surface area contributed by atoms with E-state index in [1.807, 2.05) is 6.92 Å². The summed E-state index contributed by atoms with van der Waals surface area (Å²) in [7, 11) is 0. The molecule has 1 fully saturated rings. The lowest BCUT2D eigenvalue weighted by molar-refractivity contribution is -0.209. The van der Waals surface area contributed by atoms with Crippen LogP contribution in [0.2, 0.25) is 5.02 Å². The molecule has 8 heteroatoms. The summed E-state index contributed by atoms with van der Waals surface area (Å²) in [5, 5.41) is 73.7. The van der Waals surface area contributed by atoms with Gasteiger partial charge in [-0.05, 0) is 29.7 Å². The van der Waals surface area contributed by atoms with Crippen molar-refractivity contribution in [2.45, 2.75) is 56.4 Å². The molecule has 2 aromatic carbocycles. The average Bonchev–Trinajstić information content (AvgIpc) is 2.77. The summed E-state index contributed by atoms with van der Waals surface area (Å²) < 4.78 is 0. The minimum atomic E-state index is -2.46. The topological polar surface area (TPSA) is 142 Å². The third-order valence-corrected chi connectivity index (χ3v) is 6.92. The molecule has 0 heterocycles. The fourth-order valence-corrected chi connectivity index (χ4v) is 4.52. The maximum atomic E-state index is 10.9. The van der Waals surface area contributed by atoms with E-state index in [2.05, 4.69) is 0 Å². The van der Waals surface area contributed by atoms with E-state index >= 15 is 0 Å². The molecule has 0 bridgehead atoms. The van der Waals surface area contributed by atoms with E-state index in [0.717, 1.165) is 12.0 Å². The van der Waals surface area contributed by atoms with E-state index in [1.54, 1.807) is 24.3 Å². The monoisotopic (exact) mass is 452 g/mol. The van der Waals surface area contributed by atoms with Crippen molar-refractivity contribution in [1.82, 2.24) is 0 Å². The van der Waals surface area contributed by atoms with Crippen molar-refractivity contribution in [3.05, 3.63) is 69.7 Å². The molecule has 2 aromatic rings. The van der Waals surface area contributed by atoms with Gasteiger partial charge in [0.15, 0.2) is 0 Å². The van der Waals surface area contributed by atoms with Crippen LogP contribution in [0.1, 0.15) is 42.0 Å². The van der Waals surface area contributed by atoms with Crippen LogP contribution >= 0.6 is 11.6 Å². The van der Waals surface area contributed by atoms with Gasteiger partial charge in [0.2, 0.25) is 5.79 Å². The van der Waals surface area contributed by atoms with E-state index in [1.165, 1.54) is 25.1 Å². The first-order valence-corrected chi connectivity index (χ1v) is 10.5. The maximum absolute atomic E-state index is 10.9. The zero-order chi connectivity index (χ0) is 23.1. The second-order valence-corrected chi connectivity index (χ2v) is 8.93. The molecule has 7 nitrogen and oxygen atoms in total. The molecule has 6 atom stereocenters. The second kappa shape index (κ2) is 8.77. The molecule has 6 unspecified atom stereocenters. The van der Waals surface area contributed by atoms with Crippen LogP contribution in [0.15, 0.2) is 42.5 Å². The van der Waals surface area contributed by atoms with E-state index in [-0.39, 0.29) is 21.7 Å². The standard InChI is InChI=1S/C23H29ClO7/c1-3-12-4-7-14(8-5-12)23(30,31)15-10-13(6-9-16(15)24)17-18(26)19(27)21(29)22(2,11-25)20(17)28/h4-10,17-21,25-31H,3,11H2,1-2H3. The molecule has 0 spiro atoms. The molecular weight excluding hydrogens is 424 g/mol. The number of aryl methyl sites for hydroxylation is 1. The minimum Gasteiger partial charge on any atom is -0.396 e. The number of halogens is 1. The Bertz CT molecular complexity index is 917. The van der Waals surface area contributed by atoms with Gasteiger partial charge in [-0.25, -0.2) is 0 Å². The molecule has 0 aromatic heterocycles. The first kappa shape index (κ1) is 24.1. The van der Waals surface area contributed by atoms with Crippen LogP contribution < -0.4 is 0 Å². The van der Waals surface area contributed by atoms with Crippen molar-refractivity contribution >= 4 is 11.6 Å². The maximum Gasteiger partial charge on any atom is 0.218 e. The lowest BCUT2D eigenvalue weighted by Gasteiger charge is -2.50. The Hall–Kier alpha value is -1.55. The molecule has 1 aliphatic rings. The highest BCUT2D eigenvalue weighted by Gasteiger charge is 2.56. The first-order valence-electron chi connectivity index (χ1n) is 10.2. The minimum absolute atomic E-state index is 0.0543. The first-order chi connectivity index (χ1) is 14.5. The molecule has 31 heavy (non-hydrogen) atoms. The van der Waals surface area contributed by atoms with Gasteiger partial charge in [0.25, 0.3) is 0 Å². The Labute approximate surface area is 185 Å². The van der Waals surface area contributed by atoms with Gasteiger partial charge in [0, 0.05) is 27.5 Å². The predicted molar refractivity (Wildman–Crippen MR) is 114 cm³/mol. The van der Waals surface area contributed by atoms with Crippen LogP contribution in [-0.4, -0.2) is 66.8 Å². The van der Waals surface area contributed by atoms with Gasteiger partial charge in [-0.2, -0.15) is 0 Å². The van der Waals surface area contributed by atoms with Crippen molar-refractivity contribution in [2.24, 2.45) is 5.41 Å². The van der Waals surface area contributed by atoms with Crippen molar-refractivity contribution in [1.29, 1.82) is 0 Å². The van der Waals surface area contributed by atoms with Gasteiger partial charge in [-0.3, -0.25) is 0 Å². The van der Waals surface area contributed by atoms with Crippen LogP contribution in [-0.2, 0) is 12.2 Å². The van der Waals surface area contributed by atoms with Crippen LogP contribution in [0, 0.1) is 5.41 Å². The zero-order valence-corrected chi connectivity index (χ0v) is 18.1.